The third kappa shape index (κ3) is 3.10. The highest BCUT2D eigenvalue weighted by atomic mass is 32.1. The van der Waals surface area contributed by atoms with Crippen LogP contribution in [-0.2, 0) is 13.0 Å². The predicted octanol–water partition coefficient (Wildman–Crippen LogP) is 3.06. The number of aromatic nitrogens is 1. The molecule has 2 aromatic rings. The standard InChI is InChI=1S/C13H11N3O3S/c1-2-13-15-10(8-20-13)7-19-12-4-3-9(6-14)5-11(12)16(17)18/h3-5,8H,2,7H2,1H3. The van der Waals surface area contributed by atoms with Crippen LogP contribution in [0.15, 0.2) is 23.6 Å². The van der Waals surface area contributed by atoms with Gasteiger partial charge < -0.3 is 4.74 Å². The van der Waals surface area contributed by atoms with Crippen LogP contribution in [0.1, 0.15) is 23.2 Å². The van der Waals surface area contributed by atoms with Crippen molar-refractivity contribution < 1.29 is 9.66 Å². The molecule has 1 heterocycles. The first-order valence-electron chi connectivity index (χ1n) is 5.88. The van der Waals surface area contributed by atoms with Crippen LogP contribution in [0.4, 0.5) is 5.69 Å². The van der Waals surface area contributed by atoms with Gasteiger partial charge in [0.15, 0.2) is 5.75 Å². The molecule has 7 heteroatoms. The molecule has 0 unspecified atom stereocenters. The Morgan fingerprint density at radius 1 is 1.55 bits per heavy atom. The molecule has 1 aromatic carbocycles. The highest BCUT2D eigenvalue weighted by Crippen LogP contribution is 2.28. The van der Waals surface area contributed by atoms with Gasteiger partial charge in [-0.1, -0.05) is 6.92 Å². The number of nitrogens with zero attached hydrogens (tertiary/aromatic N) is 3. The Morgan fingerprint density at radius 2 is 2.35 bits per heavy atom. The monoisotopic (exact) mass is 289 g/mol. The number of benzene rings is 1. The van der Waals surface area contributed by atoms with E-state index in [4.69, 9.17) is 10.00 Å². The Kier molecular flexibility index (Phi) is 4.27. The first-order valence-corrected chi connectivity index (χ1v) is 6.76. The van der Waals surface area contributed by atoms with Crippen LogP contribution < -0.4 is 4.74 Å². The summed E-state index contributed by atoms with van der Waals surface area (Å²) in [4.78, 5) is 14.7. The number of hydrogen-bond donors (Lipinski definition) is 0. The fourth-order valence-corrected chi connectivity index (χ4v) is 2.31. The molecular formula is C13H11N3O3S. The van der Waals surface area contributed by atoms with Crippen molar-refractivity contribution >= 4 is 17.0 Å². The summed E-state index contributed by atoms with van der Waals surface area (Å²) in [6.07, 6.45) is 0.849. The number of hydrogen-bond acceptors (Lipinski definition) is 6. The van der Waals surface area contributed by atoms with Crippen molar-refractivity contribution in [2.75, 3.05) is 0 Å². The minimum atomic E-state index is -0.561. The van der Waals surface area contributed by atoms with Crippen LogP contribution >= 0.6 is 11.3 Å². The van der Waals surface area contributed by atoms with Gasteiger partial charge in [0.2, 0.25) is 0 Å². The molecule has 2 rings (SSSR count). The summed E-state index contributed by atoms with van der Waals surface area (Å²) in [5, 5.41) is 22.6. The molecule has 20 heavy (non-hydrogen) atoms. The Bertz CT molecular complexity index is 676. The second-order valence-electron chi connectivity index (χ2n) is 3.93. The van der Waals surface area contributed by atoms with Crippen molar-refractivity contribution in [1.29, 1.82) is 5.26 Å². The van der Waals surface area contributed by atoms with Crippen molar-refractivity contribution in [3.05, 3.63) is 50.0 Å². The van der Waals surface area contributed by atoms with Crippen molar-refractivity contribution in [2.24, 2.45) is 0 Å². The fourth-order valence-electron chi connectivity index (χ4n) is 1.58. The summed E-state index contributed by atoms with van der Waals surface area (Å²) in [5.74, 6) is 0.139. The topological polar surface area (TPSA) is 89.0 Å². The molecule has 0 radical (unpaired) electrons. The molecule has 0 aliphatic carbocycles. The summed E-state index contributed by atoms with van der Waals surface area (Å²) in [7, 11) is 0. The van der Waals surface area contributed by atoms with E-state index in [-0.39, 0.29) is 23.6 Å². The average Bonchev–Trinajstić information content (AvgIpc) is 2.92. The third-order valence-electron chi connectivity index (χ3n) is 2.56. The number of nitro groups is 1. The molecule has 0 aliphatic heterocycles. The van der Waals surface area contributed by atoms with Crippen LogP contribution in [0, 0.1) is 21.4 Å². The summed E-state index contributed by atoms with van der Waals surface area (Å²) >= 11 is 1.53. The van der Waals surface area contributed by atoms with Crippen molar-refractivity contribution in [1.82, 2.24) is 4.98 Å². The molecule has 102 valence electrons. The second kappa shape index (κ2) is 6.12. The quantitative estimate of drug-likeness (QED) is 0.623. The van der Waals surface area contributed by atoms with E-state index in [1.165, 1.54) is 29.5 Å². The molecule has 0 bridgehead atoms. The molecule has 0 amide bonds. The van der Waals surface area contributed by atoms with Crippen LogP contribution in [0.5, 0.6) is 5.75 Å². The van der Waals surface area contributed by atoms with Crippen LogP contribution in [0.2, 0.25) is 0 Å². The lowest BCUT2D eigenvalue weighted by Crippen LogP contribution is -2.00. The minimum absolute atomic E-state index is 0.139. The van der Waals surface area contributed by atoms with Crippen LogP contribution in [-0.4, -0.2) is 9.91 Å². The van der Waals surface area contributed by atoms with E-state index in [0.717, 1.165) is 17.1 Å². The first kappa shape index (κ1) is 14.0. The molecule has 0 saturated carbocycles. The summed E-state index contributed by atoms with van der Waals surface area (Å²) < 4.78 is 5.43. The lowest BCUT2D eigenvalue weighted by atomic mass is 10.2. The zero-order valence-corrected chi connectivity index (χ0v) is 11.5. The van der Waals surface area contributed by atoms with Crippen LogP contribution in [0.25, 0.3) is 0 Å². The van der Waals surface area contributed by atoms with Gasteiger partial charge in [-0.15, -0.1) is 11.3 Å². The highest BCUT2D eigenvalue weighted by molar-refractivity contribution is 7.09. The molecule has 0 spiro atoms. The molecule has 0 aliphatic rings. The maximum absolute atomic E-state index is 11.0. The summed E-state index contributed by atoms with van der Waals surface area (Å²) in [6.45, 7) is 2.18. The van der Waals surface area contributed by atoms with Crippen molar-refractivity contribution in [3.8, 4) is 11.8 Å². The molecule has 0 saturated heterocycles. The van der Waals surface area contributed by atoms with Crippen molar-refractivity contribution in [3.63, 3.8) is 0 Å². The summed E-state index contributed by atoms with van der Waals surface area (Å²) in [5.41, 5.74) is 0.756. The van der Waals surface area contributed by atoms with Gasteiger partial charge in [-0.3, -0.25) is 10.1 Å². The van der Waals surface area contributed by atoms with Gasteiger partial charge in [-0.25, -0.2) is 4.98 Å². The van der Waals surface area contributed by atoms with Gasteiger partial charge in [0, 0.05) is 11.4 Å². The molecular weight excluding hydrogens is 278 g/mol. The predicted molar refractivity (Wildman–Crippen MR) is 73.6 cm³/mol. The van der Waals surface area contributed by atoms with E-state index in [1.807, 2.05) is 18.4 Å². The first-order chi connectivity index (χ1) is 9.63. The Balaban J connectivity index is 2.16. The van der Waals surface area contributed by atoms with Crippen LogP contribution in [0.3, 0.4) is 0 Å². The summed E-state index contributed by atoms with van der Waals surface area (Å²) in [6, 6.07) is 5.99. The Morgan fingerprint density at radius 3 is 2.95 bits per heavy atom. The lowest BCUT2D eigenvalue weighted by Gasteiger charge is -2.05. The van der Waals surface area contributed by atoms with E-state index in [2.05, 4.69) is 4.98 Å². The largest absolute Gasteiger partial charge is 0.480 e. The Labute approximate surface area is 119 Å². The average molecular weight is 289 g/mol. The third-order valence-corrected chi connectivity index (χ3v) is 3.60. The van der Waals surface area contributed by atoms with E-state index >= 15 is 0 Å². The second-order valence-corrected chi connectivity index (χ2v) is 4.87. The molecule has 0 atom stereocenters. The van der Waals surface area contributed by atoms with Gasteiger partial charge in [0.05, 0.1) is 27.3 Å². The number of ether oxygens (including phenoxy) is 1. The molecule has 0 fully saturated rings. The van der Waals surface area contributed by atoms with Crippen molar-refractivity contribution in [2.45, 2.75) is 20.0 Å². The fraction of sp³-hybridized carbons (Fsp3) is 0.231. The van der Waals surface area contributed by atoms with E-state index in [0.29, 0.717) is 0 Å². The number of aryl methyl sites for hydroxylation is 1. The van der Waals surface area contributed by atoms with E-state index in [1.54, 1.807) is 0 Å². The smallest absolute Gasteiger partial charge is 0.312 e. The zero-order valence-electron chi connectivity index (χ0n) is 10.7. The van der Waals surface area contributed by atoms with Gasteiger partial charge in [-0.05, 0) is 18.6 Å². The Hall–Kier alpha value is -2.46. The lowest BCUT2D eigenvalue weighted by molar-refractivity contribution is -0.386. The number of rotatable bonds is 5. The number of nitro benzene ring substituents is 1. The van der Waals surface area contributed by atoms with E-state index in [9.17, 15) is 10.1 Å². The highest BCUT2D eigenvalue weighted by Gasteiger charge is 2.16. The van der Waals surface area contributed by atoms with Gasteiger partial charge in [-0.2, -0.15) is 5.26 Å². The zero-order chi connectivity index (χ0) is 14.5. The number of thiazole rings is 1. The van der Waals surface area contributed by atoms with E-state index < -0.39 is 4.92 Å². The number of nitriles is 1. The van der Waals surface area contributed by atoms with Gasteiger partial charge in [0.25, 0.3) is 0 Å². The molecule has 1 aromatic heterocycles. The van der Waals surface area contributed by atoms with Gasteiger partial charge in [0.1, 0.15) is 6.61 Å². The normalized spacial score (nSPS) is 10.0. The SMILES string of the molecule is CCc1nc(COc2ccc(C#N)cc2[N+](=O)[O-])cs1. The minimum Gasteiger partial charge on any atom is -0.480 e. The molecule has 0 N–H and O–H groups in total. The molecule has 6 nitrogen and oxygen atoms in total. The van der Waals surface area contributed by atoms with Gasteiger partial charge >= 0.3 is 5.69 Å². The maximum Gasteiger partial charge on any atom is 0.312 e. The maximum atomic E-state index is 11.0.